The molecule has 1 aromatic rings. The molecule has 0 spiro atoms. The van der Waals surface area contributed by atoms with Crippen molar-refractivity contribution in [1.29, 1.82) is 0 Å². The van der Waals surface area contributed by atoms with E-state index in [0.29, 0.717) is 17.2 Å². The molecule has 1 amide bonds. The fourth-order valence-corrected chi connectivity index (χ4v) is 2.14. The second-order valence-electron chi connectivity index (χ2n) is 4.49. The van der Waals surface area contributed by atoms with Crippen LogP contribution in [0.4, 0.5) is 4.39 Å². The van der Waals surface area contributed by atoms with E-state index in [1.165, 1.54) is 6.07 Å². The van der Waals surface area contributed by atoms with Crippen molar-refractivity contribution in [2.24, 2.45) is 0 Å². The summed E-state index contributed by atoms with van der Waals surface area (Å²) in [5.74, 6) is -0.276. The molecule has 2 rings (SSSR count). The molecule has 0 aliphatic carbocycles. The Labute approximate surface area is 113 Å². The molecule has 1 atom stereocenters. The van der Waals surface area contributed by atoms with Gasteiger partial charge in [0.15, 0.2) is 0 Å². The highest BCUT2D eigenvalue weighted by Gasteiger charge is 2.25. The van der Waals surface area contributed by atoms with Crippen molar-refractivity contribution in [3.63, 3.8) is 0 Å². The molecule has 1 aromatic carbocycles. The van der Waals surface area contributed by atoms with Crippen LogP contribution in [0.3, 0.4) is 0 Å². The average Bonchev–Trinajstić information content (AvgIpc) is 2.80. The normalized spacial score (nSPS) is 18.6. The quantitative estimate of drug-likeness (QED) is 0.893. The lowest BCUT2D eigenvalue weighted by atomic mass is 10.1. The van der Waals surface area contributed by atoms with Crippen molar-refractivity contribution >= 4 is 18.3 Å². The van der Waals surface area contributed by atoms with E-state index in [1.807, 2.05) is 11.9 Å². The van der Waals surface area contributed by atoms with Gasteiger partial charge >= 0.3 is 0 Å². The van der Waals surface area contributed by atoms with Gasteiger partial charge in [0, 0.05) is 24.7 Å². The molecular formula is C13H18ClFN2O. The van der Waals surface area contributed by atoms with Gasteiger partial charge in [-0.3, -0.25) is 4.79 Å². The van der Waals surface area contributed by atoms with Crippen molar-refractivity contribution in [2.75, 3.05) is 20.1 Å². The summed E-state index contributed by atoms with van der Waals surface area (Å²) >= 11 is 0. The minimum absolute atomic E-state index is 0. The molecule has 1 heterocycles. The van der Waals surface area contributed by atoms with Crippen molar-refractivity contribution in [3.8, 4) is 0 Å². The first-order valence-electron chi connectivity index (χ1n) is 5.84. The SMILES string of the molecule is CNC1CCN(C(=O)c2ccc(F)c(C)c2)C1.Cl. The number of nitrogens with zero attached hydrogens (tertiary/aromatic N) is 1. The van der Waals surface area contributed by atoms with Crippen LogP contribution in [0.15, 0.2) is 18.2 Å². The van der Waals surface area contributed by atoms with Gasteiger partial charge in [0.1, 0.15) is 5.82 Å². The number of amides is 1. The van der Waals surface area contributed by atoms with Crippen molar-refractivity contribution in [1.82, 2.24) is 10.2 Å². The van der Waals surface area contributed by atoms with Crippen LogP contribution in [0.5, 0.6) is 0 Å². The monoisotopic (exact) mass is 272 g/mol. The van der Waals surface area contributed by atoms with Crippen LogP contribution in [-0.4, -0.2) is 37.0 Å². The lowest BCUT2D eigenvalue weighted by molar-refractivity contribution is 0.0789. The summed E-state index contributed by atoms with van der Waals surface area (Å²) in [6.45, 7) is 3.17. The molecule has 0 saturated carbocycles. The van der Waals surface area contributed by atoms with Gasteiger partial charge in [0.25, 0.3) is 5.91 Å². The molecule has 1 unspecified atom stereocenters. The number of halogens is 2. The molecule has 1 fully saturated rings. The molecule has 0 aromatic heterocycles. The smallest absolute Gasteiger partial charge is 0.253 e. The highest BCUT2D eigenvalue weighted by Crippen LogP contribution is 2.15. The van der Waals surface area contributed by atoms with Gasteiger partial charge in [-0.25, -0.2) is 4.39 Å². The van der Waals surface area contributed by atoms with Crippen molar-refractivity contribution < 1.29 is 9.18 Å². The lowest BCUT2D eigenvalue weighted by Gasteiger charge is -2.16. The predicted molar refractivity (Wildman–Crippen MR) is 71.8 cm³/mol. The summed E-state index contributed by atoms with van der Waals surface area (Å²) in [5.41, 5.74) is 1.08. The fourth-order valence-electron chi connectivity index (χ4n) is 2.14. The standard InChI is InChI=1S/C13H17FN2O.ClH/c1-9-7-10(3-4-12(9)14)13(17)16-6-5-11(8-16)15-2;/h3-4,7,11,15H,5-6,8H2,1-2H3;1H. The Morgan fingerprint density at radius 1 is 1.50 bits per heavy atom. The van der Waals surface area contributed by atoms with E-state index >= 15 is 0 Å². The zero-order valence-electron chi connectivity index (χ0n) is 10.6. The van der Waals surface area contributed by atoms with Gasteiger partial charge in [-0.1, -0.05) is 0 Å². The molecule has 1 aliphatic heterocycles. The highest BCUT2D eigenvalue weighted by atomic mass is 35.5. The molecule has 3 nitrogen and oxygen atoms in total. The fraction of sp³-hybridized carbons (Fsp3) is 0.462. The first-order chi connectivity index (χ1) is 8.11. The van der Waals surface area contributed by atoms with Gasteiger partial charge in [0.2, 0.25) is 0 Å². The second-order valence-corrected chi connectivity index (χ2v) is 4.49. The summed E-state index contributed by atoms with van der Waals surface area (Å²) < 4.78 is 13.1. The van der Waals surface area contributed by atoms with Crippen LogP contribution < -0.4 is 5.32 Å². The summed E-state index contributed by atoms with van der Waals surface area (Å²) in [4.78, 5) is 14.0. The number of likely N-dealkylation sites (tertiary alicyclic amines) is 1. The molecule has 18 heavy (non-hydrogen) atoms. The number of carbonyl (C=O) groups is 1. The van der Waals surface area contributed by atoms with Crippen LogP contribution in [0.1, 0.15) is 22.3 Å². The highest BCUT2D eigenvalue weighted by molar-refractivity contribution is 5.94. The molecule has 1 N–H and O–H groups in total. The number of hydrogen-bond acceptors (Lipinski definition) is 2. The summed E-state index contributed by atoms with van der Waals surface area (Å²) in [5, 5.41) is 3.17. The third kappa shape index (κ3) is 3.00. The maximum Gasteiger partial charge on any atom is 0.253 e. The van der Waals surface area contributed by atoms with E-state index in [-0.39, 0.29) is 24.1 Å². The van der Waals surface area contributed by atoms with E-state index in [0.717, 1.165) is 19.5 Å². The zero-order valence-corrected chi connectivity index (χ0v) is 11.4. The minimum Gasteiger partial charge on any atom is -0.337 e. The van der Waals surface area contributed by atoms with Gasteiger partial charge < -0.3 is 10.2 Å². The molecule has 0 bridgehead atoms. The number of aryl methyl sites for hydroxylation is 1. The predicted octanol–water partition coefficient (Wildman–Crippen LogP) is 1.99. The minimum atomic E-state index is -0.268. The Hall–Kier alpha value is -1.13. The Morgan fingerprint density at radius 2 is 2.22 bits per heavy atom. The third-order valence-electron chi connectivity index (χ3n) is 3.29. The van der Waals surface area contributed by atoms with Crippen LogP contribution in [-0.2, 0) is 0 Å². The Balaban J connectivity index is 0.00000162. The zero-order chi connectivity index (χ0) is 12.4. The van der Waals surface area contributed by atoms with Crippen LogP contribution in [0.2, 0.25) is 0 Å². The number of carbonyl (C=O) groups excluding carboxylic acids is 1. The van der Waals surface area contributed by atoms with Crippen LogP contribution in [0.25, 0.3) is 0 Å². The van der Waals surface area contributed by atoms with Gasteiger partial charge in [-0.2, -0.15) is 0 Å². The number of rotatable bonds is 2. The van der Waals surface area contributed by atoms with Crippen LogP contribution >= 0.6 is 12.4 Å². The third-order valence-corrected chi connectivity index (χ3v) is 3.29. The average molecular weight is 273 g/mol. The molecule has 1 aliphatic rings. The summed E-state index contributed by atoms with van der Waals surface area (Å²) in [7, 11) is 1.90. The van der Waals surface area contributed by atoms with E-state index < -0.39 is 0 Å². The van der Waals surface area contributed by atoms with Gasteiger partial charge in [0.05, 0.1) is 0 Å². The molecule has 5 heteroatoms. The van der Waals surface area contributed by atoms with Gasteiger partial charge in [-0.15, -0.1) is 12.4 Å². The van der Waals surface area contributed by atoms with E-state index in [4.69, 9.17) is 0 Å². The van der Waals surface area contributed by atoms with E-state index in [2.05, 4.69) is 5.32 Å². The Kier molecular flexibility index (Phi) is 5.11. The first kappa shape index (κ1) is 14.9. The Bertz CT molecular complexity index is 439. The summed E-state index contributed by atoms with van der Waals surface area (Å²) in [6.07, 6.45) is 0.975. The Morgan fingerprint density at radius 3 is 2.78 bits per heavy atom. The second kappa shape index (κ2) is 6.16. The van der Waals surface area contributed by atoms with Crippen LogP contribution in [0, 0.1) is 12.7 Å². The number of benzene rings is 1. The molecular weight excluding hydrogens is 255 g/mol. The van der Waals surface area contributed by atoms with Crippen molar-refractivity contribution in [2.45, 2.75) is 19.4 Å². The first-order valence-corrected chi connectivity index (χ1v) is 5.84. The number of hydrogen-bond donors (Lipinski definition) is 1. The molecule has 0 radical (unpaired) electrons. The number of nitrogens with one attached hydrogen (secondary N) is 1. The van der Waals surface area contributed by atoms with E-state index in [9.17, 15) is 9.18 Å². The topological polar surface area (TPSA) is 32.3 Å². The largest absolute Gasteiger partial charge is 0.337 e. The lowest BCUT2D eigenvalue weighted by Crippen LogP contribution is -2.33. The van der Waals surface area contributed by atoms with Crippen molar-refractivity contribution in [3.05, 3.63) is 35.1 Å². The van der Waals surface area contributed by atoms with Gasteiger partial charge in [-0.05, 0) is 44.2 Å². The summed E-state index contributed by atoms with van der Waals surface area (Å²) in [6, 6.07) is 4.90. The molecule has 100 valence electrons. The van der Waals surface area contributed by atoms with E-state index in [1.54, 1.807) is 19.1 Å². The maximum absolute atomic E-state index is 13.1. The number of likely N-dealkylation sites (N-methyl/N-ethyl adjacent to an activating group) is 1. The maximum atomic E-state index is 13.1. The molecule has 1 saturated heterocycles.